The maximum atomic E-state index is 12.3. The Morgan fingerprint density at radius 3 is 2.16 bits per heavy atom. The van der Waals surface area contributed by atoms with E-state index in [9.17, 15) is 9.59 Å². The molecule has 0 aromatic heterocycles. The quantitative estimate of drug-likeness (QED) is 0.810. The van der Waals surface area contributed by atoms with Gasteiger partial charge in [0.2, 0.25) is 11.8 Å². The molecule has 1 aliphatic rings. The Bertz CT molecular complexity index is 495. The number of piperazine rings is 1. The summed E-state index contributed by atoms with van der Waals surface area (Å²) in [6.45, 7) is 6.08. The van der Waals surface area contributed by atoms with Crippen LogP contribution >= 0.6 is 0 Å². The van der Waals surface area contributed by atoms with Crippen LogP contribution < -0.4 is 0 Å². The molecule has 4 nitrogen and oxygen atoms in total. The van der Waals surface area contributed by atoms with E-state index in [-0.39, 0.29) is 17.9 Å². The van der Waals surface area contributed by atoms with E-state index in [1.165, 1.54) is 10.5 Å². The van der Waals surface area contributed by atoms with Gasteiger partial charge in [0.1, 0.15) is 12.1 Å². The van der Waals surface area contributed by atoms with Crippen molar-refractivity contribution in [2.45, 2.75) is 39.4 Å². The molecule has 1 aromatic rings. The molecule has 1 saturated heterocycles. The highest BCUT2D eigenvalue weighted by atomic mass is 16.2. The molecule has 102 valence electrons. The number of benzene rings is 1. The molecular formula is C15H20N2O2. The molecule has 1 heterocycles. The van der Waals surface area contributed by atoms with Crippen LogP contribution in [-0.2, 0) is 16.1 Å². The maximum Gasteiger partial charge on any atom is 0.246 e. The number of rotatable bonds is 2. The first-order valence-electron chi connectivity index (χ1n) is 6.54. The van der Waals surface area contributed by atoms with Crippen LogP contribution in [0.1, 0.15) is 25.0 Å². The second-order valence-electron chi connectivity index (χ2n) is 5.25. The molecule has 2 atom stereocenters. The summed E-state index contributed by atoms with van der Waals surface area (Å²) in [6.07, 6.45) is 0. The third-order valence-corrected chi connectivity index (χ3v) is 3.87. The zero-order valence-electron chi connectivity index (χ0n) is 11.9. The van der Waals surface area contributed by atoms with Gasteiger partial charge in [-0.3, -0.25) is 9.59 Å². The lowest BCUT2D eigenvalue weighted by atomic mass is 10.1. The van der Waals surface area contributed by atoms with E-state index >= 15 is 0 Å². The summed E-state index contributed by atoms with van der Waals surface area (Å²) < 4.78 is 0. The lowest BCUT2D eigenvalue weighted by molar-refractivity contribution is -0.159. The molecule has 2 rings (SSSR count). The second kappa shape index (κ2) is 5.03. The van der Waals surface area contributed by atoms with Crippen LogP contribution in [-0.4, -0.2) is 40.7 Å². The van der Waals surface area contributed by atoms with Crippen LogP contribution in [0.3, 0.4) is 0 Å². The normalized spacial score (nSPS) is 24.0. The van der Waals surface area contributed by atoms with Crippen LogP contribution in [0.15, 0.2) is 24.3 Å². The number of carbonyl (C=O) groups excluding carboxylic acids is 2. The Kier molecular flexibility index (Phi) is 3.60. The van der Waals surface area contributed by atoms with Crippen LogP contribution in [0, 0.1) is 6.92 Å². The number of hydrogen-bond donors (Lipinski definition) is 0. The fourth-order valence-electron chi connectivity index (χ4n) is 2.32. The Morgan fingerprint density at radius 2 is 1.58 bits per heavy atom. The minimum absolute atomic E-state index is 0.000730. The molecule has 4 heteroatoms. The van der Waals surface area contributed by atoms with Crippen molar-refractivity contribution in [3.8, 4) is 0 Å². The van der Waals surface area contributed by atoms with Crippen molar-refractivity contribution in [2.75, 3.05) is 7.05 Å². The van der Waals surface area contributed by atoms with E-state index in [1.807, 2.05) is 31.2 Å². The fraction of sp³-hybridized carbons (Fsp3) is 0.467. The van der Waals surface area contributed by atoms with Crippen molar-refractivity contribution >= 4 is 11.8 Å². The minimum Gasteiger partial charge on any atom is -0.332 e. The summed E-state index contributed by atoms with van der Waals surface area (Å²) in [7, 11) is 1.69. The smallest absolute Gasteiger partial charge is 0.246 e. The van der Waals surface area contributed by atoms with Crippen molar-refractivity contribution < 1.29 is 9.59 Å². The van der Waals surface area contributed by atoms with E-state index in [4.69, 9.17) is 0 Å². The average molecular weight is 260 g/mol. The Labute approximate surface area is 114 Å². The van der Waals surface area contributed by atoms with Gasteiger partial charge in [0, 0.05) is 13.6 Å². The lowest BCUT2D eigenvalue weighted by Crippen LogP contribution is -2.61. The Hall–Kier alpha value is -1.84. The molecule has 0 radical (unpaired) electrons. The predicted octanol–water partition coefficient (Wildman–Crippen LogP) is 1.57. The van der Waals surface area contributed by atoms with Crippen molar-refractivity contribution in [1.82, 2.24) is 9.80 Å². The number of aryl methyl sites for hydroxylation is 1. The number of amides is 2. The van der Waals surface area contributed by atoms with Gasteiger partial charge in [-0.25, -0.2) is 0 Å². The van der Waals surface area contributed by atoms with Gasteiger partial charge in [0.05, 0.1) is 0 Å². The maximum absolute atomic E-state index is 12.3. The first kappa shape index (κ1) is 13.6. The van der Waals surface area contributed by atoms with Crippen molar-refractivity contribution in [1.29, 1.82) is 0 Å². The summed E-state index contributed by atoms with van der Waals surface area (Å²) in [4.78, 5) is 27.6. The van der Waals surface area contributed by atoms with Crippen molar-refractivity contribution in [2.24, 2.45) is 0 Å². The largest absolute Gasteiger partial charge is 0.332 e. The third kappa shape index (κ3) is 2.48. The summed E-state index contributed by atoms with van der Waals surface area (Å²) >= 11 is 0. The molecule has 0 unspecified atom stereocenters. The molecular weight excluding hydrogens is 240 g/mol. The third-order valence-electron chi connectivity index (χ3n) is 3.87. The first-order valence-corrected chi connectivity index (χ1v) is 6.54. The molecule has 0 saturated carbocycles. The van der Waals surface area contributed by atoms with E-state index in [0.29, 0.717) is 6.54 Å². The highest BCUT2D eigenvalue weighted by molar-refractivity contribution is 5.96. The van der Waals surface area contributed by atoms with Gasteiger partial charge in [-0.05, 0) is 26.3 Å². The molecule has 19 heavy (non-hydrogen) atoms. The SMILES string of the molecule is Cc1ccc(CN2C(=O)[C@H](C)N(C)C(=O)[C@@H]2C)cc1. The molecule has 0 bridgehead atoms. The molecule has 0 spiro atoms. The lowest BCUT2D eigenvalue weighted by Gasteiger charge is -2.41. The molecule has 1 aliphatic heterocycles. The predicted molar refractivity (Wildman–Crippen MR) is 73.4 cm³/mol. The highest BCUT2D eigenvalue weighted by Crippen LogP contribution is 2.19. The van der Waals surface area contributed by atoms with Crippen LogP contribution in [0.25, 0.3) is 0 Å². The van der Waals surface area contributed by atoms with Gasteiger partial charge in [0.15, 0.2) is 0 Å². The molecule has 1 aromatic carbocycles. The van der Waals surface area contributed by atoms with Crippen molar-refractivity contribution in [3.05, 3.63) is 35.4 Å². The molecule has 1 fully saturated rings. The Balaban J connectivity index is 2.20. The van der Waals surface area contributed by atoms with Crippen LogP contribution in [0.2, 0.25) is 0 Å². The summed E-state index contributed by atoms with van der Waals surface area (Å²) in [5, 5.41) is 0. The topological polar surface area (TPSA) is 40.6 Å². The average Bonchev–Trinajstić information content (AvgIpc) is 2.41. The van der Waals surface area contributed by atoms with Gasteiger partial charge in [-0.15, -0.1) is 0 Å². The van der Waals surface area contributed by atoms with Crippen LogP contribution in [0.4, 0.5) is 0 Å². The van der Waals surface area contributed by atoms with E-state index in [2.05, 4.69) is 0 Å². The summed E-state index contributed by atoms with van der Waals surface area (Å²) in [6, 6.07) is 7.27. The van der Waals surface area contributed by atoms with Gasteiger partial charge in [-0.1, -0.05) is 29.8 Å². The zero-order chi connectivity index (χ0) is 14.2. The molecule has 0 aliphatic carbocycles. The summed E-state index contributed by atoms with van der Waals surface area (Å²) in [5.41, 5.74) is 2.24. The standard InChI is InChI=1S/C15H20N2O2/c1-10-5-7-13(8-6-10)9-17-12(3)14(18)16(4)11(2)15(17)19/h5-8,11-12H,9H2,1-4H3/t11-,12-/m0/s1. The number of nitrogens with zero attached hydrogens (tertiary/aromatic N) is 2. The van der Waals surface area contributed by atoms with Crippen molar-refractivity contribution in [3.63, 3.8) is 0 Å². The molecule has 0 N–H and O–H groups in total. The molecule has 2 amide bonds. The van der Waals surface area contributed by atoms with Gasteiger partial charge >= 0.3 is 0 Å². The van der Waals surface area contributed by atoms with Gasteiger partial charge in [-0.2, -0.15) is 0 Å². The van der Waals surface area contributed by atoms with E-state index < -0.39 is 6.04 Å². The minimum atomic E-state index is -0.394. The number of carbonyl (C=O) groups is 2. The van der Waals surface area contributed by atoms with Gasteiger partial charge < -0.3 is 9.80 Å². The Morgan fingerprint density at radius 1 is 1.00 bits per heavy atom. The van der Waals surface area contributed by atoms with E-state index in [1.54, 1.807) is 25.8 Å². The van der Waals surface area contributed by atoms with Crippen LogP contribution in [0.5, 0.6) is 0 Å². The summed E-state index contributed by atoms with van der Waals surface area (Å²) in [5.74, 6) is 0.00869. The van der Waals surface area contributed by atoms with E-state index in [0.717, 1.165) is 5.56 Å². The number of likely N-dealkylation sites (N-methyl/N-ethyl adjacent to an activating group) is 1. The fourth-order valence-corrected chi connectivity index (χ4v) is 2.32. The first-order chi connectivity index (χ1) is 8.91. The number of hydrogen-bond acceptors (Lipinski definition) is 2. The zero-order valence-corrected chi connectivity index (χ0v) is 11.9. The second-order valence-corrected chi connectivity index (χ2v) is 5.25. The van der Waals surface area contributed by atoms with Gasteiger partial charge in [0.25, 0.3) is 0 Å². The monoisotopic (exact) mass is 260 g/mol. The highest BCUT2D eigenvalue weighted by Gasteiger charge is 2.39.